The molecule has 4 rings (SSSR count). The van der Waals surface area contributed by atoms with Crippen LogP contribution in [0.3, 0.4) is 0 Å². The van der Waals surface area contributed by atoms with Gasteiger partial charge in [-0.15, -0.1) is 0 Å². The topological polar surface area (TPSA) is 55.3 Å². The van der Waals surface area contributed by atoms with Crippen molar-refractivity contribution in [3.05, 3.63) is 66.6 Å². The Labute approximate surface area is 133 Å². The Balaban J connectivity index is 1.42. The van der Waals surface area contributed by atoms with Gasteiger partial charge in [0.1, 0.15) is 17.5 Å². The summed E-state index contributed by atoms with van der Waals surface area (Å²) in [6.45, 7) is 1.14. The molecule has 0 bridgehead atoms. The Bertz CT molecular complexity index is 845. The van der Waals surface area contributed by atoms with E-state index in [1.54, 1.807) is 23.4 Å². The van der Waals surface area contributed by atoms with E-state index in [2.05, 4.69) is 9.97 Å². The molecule has 1 amide bonds. The number of nitrogens with zero attached hydrogens (tertiary/aromatic N) is 3. The molecule has 0 aliphatic carbocycles. The number of amides is 1. The third-order valence-corrected chi connectivity index (χ3v) is 3.89. The molecule has 5 heteroatoms. The molecule has 3 heterocycles. The van der Waals surface area contributed by atoms with Crippen LogP contribution >= 0.6 is 0 Å². The highest BCUT2D eigenvalue weighted by atomic mass is 16.5. The van der Waals surface area contributed by atoms with Crippen LogP contribution in [0.2, 0.25) is 0 Å². The smallest absolute Gasteiger partial charge is 0.272 e. The Morgan fingerprint density at radius 2 is 1.96 bits per heavy atom. The van der Waals surface area contributed by atoms with Crippen LogP contribution in [-0.2, 0) is 0 Å². The second-order valence-corrected chi connectivity index (χ2v) is 5.53. The maximum absolute atomic E-state index is 12.5. The van der Waals surface area contributed by atoms with E-state index < -0.39 is 0 Å². The van der Waals surface area contributed by atoms with Gasteiger partial charge < -0.3 is 9.64 Å². The summed E-state index contributed by atoms with van der Waals surface area (Å²) in [7, 11) is 0. The van der Waals surface area contributed by atoms with Gasteiger partial charge in [-0.1, -0.05) is 24.3 Å². The summed E-state index contributed by atoms with van der Waals surface area (Å²) in [6, 6.07) is 15.2. The lowest BCUT2D eigenvalue weighted by Crippen LogP contribution is -2.56. The van der Waals surface area contributed by atoms with Crippen molar-refractivity contribution in [2.45, 2.75) is 6.10 Å². The summed E-state index contributed by atoms with van der Waals surface area (Å²) in [5, 5.41) is 1.03. The van der Waals surface area contributed by atoms with Crippen LogP contribution in [-0.4, -0.2) is 40.0 Å². The lowest BCUT2D eigenvalue weighted by atomic mass is 10.1. The fourth-order valence-corrected chi connectivity index (χ4v) is 2.63. The van der Waals surface area contributed by atoms with Gasteiger partial charge in [0, 0.05) is 11.6 Å². The van der Waals surface area contributed by atoms with Crippen LogP contribution in [0.1, 0.15) is 10.5 Å². The van der Waals surface area contributed by atoms with Crippen LogP contribution in [0.15, 0.2) is 60.9 Å². The molecule has 3 aromatic rings. The Morgan fingerprint density at radius 3 is 2.78 bits per heavy atom. The molecule has 0 saturated carbocycles. The van der Waals surface area contributed by atoms with Crippen molar-refractivity contribution >= 4 is 16.8 Å². The van der Waals surface area contributed by atoms with Crippen LogP contribution in [0.4, 0.5) is 0 Å². The van der Waals surface area contributed by atoms with E-state index in [0.29, 0.717) is 18.8 Å². The highest BCUT2D eigenvalue weighted by Gasteiger charge is 2.33. The summed E-state index contributed by atoms with van der Waals surface area (Å²) in [5.74, 6) is 0.676. The second kappa shape index (κ2) is 5.68. The third kappa shape index (κ3) is 2.73. The summed E-state index contributed by atoms with van der Waals surface area (Å²) in [6.07, 6.45) is 3.40. The molecule has 1 aliphatic heterocycles. The molecule has 114 valence electrons. The van der Waals surface area contributed by atoms with E-state index >= 15 is 0 Å². The van der Waals surface area contributed by atoms with Crippen LogP contribution in [0, 0.1) is 0 Å². The number of carbonyl (C=O) groups is 1. The van der Waals surface area contributed by atoms with E-state index in [0.717, 1.165) is 16.7 Å². The van der Waals surface area contributed by atoms with Gasteiger partial charge in [-0.25, -0.2) is 4.98 Å². The zero-order valence-corrected chi connectivity index (χ0v) is 12.4. The molecule has 0 radical (unpaired) electrons. The number of likely N-dealkylation sites (tertiary alicyclic amines) is 1. The highest BCUT2D eigenvalue weighted by Crippen LogP contribution is 2.19. The van der Waals surface area contributed by atoms with Crippen molar-refractivity contribution in [2.75, 3.05) is 13.1 Å². The Hall–Kier alpha value is -2.95. The normalized spacial score (nSPS) is 14.5. The van der Waals surface area contributed by atoms with Gasteiger partial charge in [0.25, 0.3) is 5.91 Å². The average Bonchev–Trinajstić information content (AvgIpc) is 2.57. The van der Waals surface area contributed by atoms with Gasteiger partial charge in [-0.2, -0.15) is 0 Å². The van der Waals surface area contributed by atoms with Crippen molar-refractivity contribution in [3.8, 4) is 5.75 Å². The lowest BCUT2D eigenvalue weighted by molar-refractivity contribution is 0.0172. The molecule has 0 N–H and O–H groups in total. The maximum Gasteiger partial charge on any atom is 0.272 e. The molecule has 1 fully saturated rings. The monoisotopic (exact) mass is 305 g/mol. The van der Waals surface area contributed by atoms with Crippen molar-refractivity contribution < 1.29 is 9.53 Å². The Morgan fingerprint density at radius 1 is 1.09 bits per heavy atom. The number of carbonyl (C=O) groups excluding carboxylic acids is 1. The maximum atomic E-state index is 12.5. The van der Waals surface area contributed by atoms with Crippen molar-refractivity contribution in [3.63, 3.8) is 0 Å². The first-order valence-corrected chi connectivity index (χ1v) is 7.51. The summed E-state index contributed by atoms with van der Waals surface area (Å²) < 4.78 is 5.76. The molecule has 1 aliphatic rings. The van der Waals surface area contributed by atoms with Crippen molar-refractivity contribution in [2.24, 2.45) is 0 Å². The van der Waals surface area contributed by atoms with Crippen molar-refractivity contribution in [1.29, 1.82) is 0 Å². The van der Waals surface area contributed by atoms with E-state index in [1.807, 2.05) is 42.5 Å². The lowest BCUT2D eigenvalue weighted by Gasteiger charge is -2.38. The quantitative estimate of drug-likeness (QED) is 0.746. The molecule has 0 unspecified atom stereocenters. The van der Waals surface area contributed by atoms with Crippen molar-refractivity contribution in [1.82, 2.24) is 14.9 Å². The number of para-hydroxylation sites is 1. The fourth-order valence-electron chi connectivity index (χ4n) is 2.63. The van der Waals surface area contributed by atoms with Crippen LogP contribution in [0.25, 0.3) is 10.9 Å². The first kappa shape index (κ1) is 13.7. The van der Waals surface area contributed by atoms with Gasteiger partial charge in [0.15, 0.2) is 0 Å². The molecule has 0 atom stereocenters. The zero-order chi connectivity index (χ0) is 15.6. The van der Waals surface area contributed by atoms with Gasteiger partial charge >= 0.3 is 0 Å². The summed E-state index contributed by atoms with van der Waals surface area (Å²) in [4.78, 5) is 22.7. The largest absolute Gasteiger partial charge is 0.485 e. The predicted molar refractivity (Wildman–Crippen MR) is 86.3 cm³/mol. The average molecular weight is 305 g/mol. The minimum absolute atomic E-state index is 0.0172. The SMILES string of the molecule is O=C(c1ccc2ccccc2n1)N1CC(Oc2cccnc2)C1. The molecule has 5 nitrogen and oxygen atoms in total. The second-order valence-electron chi connectivity index (χ2n) is 5.53. The fraction of sp³-hybridized carbons (Fsp3) is 0.167. The number of fused-ring (bicyclic) bond motifs is 1. The van der Waals surface area contributed by atoms with E-state index in [-0.39, 0.29) is 12.0 Å². The van der Waals surface area contributed by atoms with Gasteiger partial charge in [0.05, 0.1) is 24.8 Å². The first-order valence-electron chi connectivity index (χ1n) is 7.51. The van der Waals surface area contributed by atoms with Gasteiger partial charge in [0.2, 0.25) is 0 Å². The molecule has 0 spiro atoms. The minimum Gasteiger partial charge on any atom is -0.485 e. The summed E-state index contributed by atoms with van der Waals surface area (Å²) in [5.41, 5.74) is 1.31. The highest BCUT2D eigenvalue weighted by molar-refractivity contribution is 5.95. The minimum atomic E-state index is -0.0539. The number of hydrogen-bond donors (Lipinski definition) is 0. The Kier molecular flexibility index (Phi) is 3.38. The molecular formula is C18H15N3O2. The van der Waals surface area contributed by atoms with Gasteiger partial charge in [-0.3, -0.25) is 9.78 Å². The molecule has 1 saturated heterocycles. The van der Waals surface area contributed by atoms with E-state index in [4.69, 9.17) is 4.74 Å². The standard InChI is InChI=1S/C18H15N3O2/c22-18(17-8-7-13-4-1-2-6-16(13)20-17)21-11-15(12-21)23-14-5-3-9-19-10-14/h1-10,15H,11-12H2. The van der Waals surface area contributed by atoms with Gasteiger partial charge in [-0.05, 0) is 24.3 Å². The number of ether oxygens (including phenoxy) is 1. The van der Waals surface area contributed by atoms with Crippen LogP contribution < -0.4 is 4.74 Å². The van der Waals surface area contributed by atoms with E-state index in [1.165, 1.54) is 0 Å². The molecular weight excluding hydrogens is 290 g/mol. The molecule has 1 aromatic carbocycles. The first-order chi connectivity index (χ1) is 11.3. The third-order valence-electron chi connectivity index (χ3n) is 3.89. The predicted octanol–water partition coefficient (Wildman–Crippen LogP) is 2.53. The molecule has 23 heavy (non-hydrogen) atoms. The zero-order valence-electron chi connectivity index (χ0n) is 12.4. The number of aromatic nitrogens is 2. The van der Waals surface area contributed by atoms with Crippen LogP contribution in [0.5, 0.6) is 5.75 Å². The van der Waals surface area contributed by atoms with E-state index in [9.17, 15) is 4.79 Å². The number of benzene rings is 1. The number of pyridine rings is 2. The number of hydrogen-bond acceptors (Lipinski definition) is 4. The molecule has 2 aromatic heterocycles. The summed E-state index contributed by atoms with van der Waals surface area (Å²) >= 11 is 0. The number of rotatable bonds is 3.